The van der Waals surface area contributed by atoms with Gasteiger partial charge in [-0.25, -0.2) is 0 Å². The second-order valence-electron chi connectivity index (χ2n) is 7.93. The minimum atomic E-state index is -0.130. The normalized spacial score (nSPS) is 19.6. The number of hydrogen-bond donors (Lipinski definition) is 3. The summed E-state index contributed by atoms with van der Waals surface area (Å²) in [7, 11) is 1.76. The highest BCUT2D eigenvalue weighted by atomic mass is 16.5. The van der Waals surface area contributed by atoms with Gasteiger partial charge in [0.2, 0.25) is 0 Å². The van der Waals surface area contributed by atoms with Crippen LogP contribution in [0, 0.1) is 0 Å². The fourth-order valence-corrected chi connectivity index (χ4v) is 4.39. The van der Waals surface area contributed by atoms with Crippen LogP contribution in [0.3, 0.4) is 0 Å². The van der Waals surface area contributed by atoms with E-state index in [1.54, 1.807) is 31.6 Å². The van der Waals surface area contributed by atoms with Crippen LogP contribution >= 0.6 is 0 Å². The Hall–Kier alpha value is -3.09. The molecule has 1 aliphatic carbocycles. The van der Waals surface area contributed by atoms with E-state index in [0.29, 0.717) is 18.7 Å². The first kappa shape index (κ1) is 20.2. The first-order valence-electron chi connectivity index (χ1n) is 10.6. The molecule has 1 aromatic heterocycles. The molecule has 1 aromatic carbocycles. The number of hydrogen-bond acceptors (Lipinski definition) is 4. The van der Waals surface area contributed by atoms with Gasteiger partial charge in [0.1, 0.15) is 11.4 Å². The zero-order valence-corrected chi connectivity index (χ0v) is 17.4. The summed E-state index contributed by atoms with van der Waals surface area (Å²) in [6, 6.07) is 11.9. The highest BCUT2D eigenvalue weighted by Gasteiger charge is 2.43. The first-order chi connectivity index (χ1) is 14.7. The van der Waals surface area contributed by atoms with Crippen LogP contribution < -0.4 is 20.7 Å². The second kappa shape index (κ2) is 9.15. The van der Waals surface area contributed by atoms with Crippen molar-refractivity contribution in [3.63, 3.8) is 0 Å². The first-order valence-corrected chi connectivity index (χ1v) is 10.6. The number of ether oxygens (including phenoxy) is 1. The van der Waals surface area contributed by atoms with Crippen LogP contribution in [0.5, 0.6) is 5.75 Å². The summed E-state index contributed by atoms with van der Waals surface area (Å²) in [4.78, 5) is 20.5. The van der Waals surface area contributed by atoms with Gasteiger partial charge in [-0.3, -0.25) is 14.8 Å². The van der Waals surface area contributed by atoms with Gasteiger partial charge in [-0.05, 0) is 43.9 Å². The molecule has 0 bridgehead atoms. The lowest BCUT2D eigenvalue weighted by Gasteiger charge is -2.40. The summed E-state index contributed by atoms with van der Waals surface area (Å²) in [5.74, 6) is 1.57. The van der Waals surface area contributed by atoms with Gasteiger partial charge in [-0.15, -0.1) is 0 Å². The Morgan fingerprint density at radius 3 is 2.73 bits per heavy atom. The summed E-state index contributed by atoms with van der Waals surface area (Å²) in [5, 5.41) is 9.76. The van der Waals surface area contributed by atoms with Gasteiger partial charge in [0.05, 0.1) is 11.6 Å². The summed E-state index contributed by atoms with van der Waals surface area (Å²) >= 11 is 0. The van der Waals surface area contributed by atoms with Gasteiger partial charge >= 0.3 is 0 Å². The maximum Gasteiger partial charge on any atom is 0.252 e. The molecule has 1 amide bonds. The molecule has 1 unspecified atom stereocenters. The number of aromatic nitrogens is 1. The topological polar surface area (TPSA) is 87.6 Å². The summed E-state index contributed by atoms with van der Waals surface area (Å²) in [6.45, 7) is 1.06. The summed E-state index contributed by atoms with van der Waals surface area (Å²) in [6.07, 6.45) is 8.79. The molecule has 7 nitrogen and oxygen atoms in total. The molecule has 0 radical (unpaired) electrons. The summed E-state index contributed by atoms with van der Waals surface area (Å²) < 4.78 is 6.44. The number of guanidine groups is 1. The zero-order valence-electron chi connectivity index (χ0n) is 17.4. The lowest BCUT2D eigenvalue weighted by atomic mass is 9.86. The Balaban J connectivity index is 1.33. The van der Waals surface area contributed by atoms with Crippen molar-refractivity contribution in [1.29, 1.82) is 0 Å². The lowest BCUT2D eigenvalue weighted by molar-refractivity contribution is 0.0396. The average Bonchev–Trinajstić information content (AvgIpc) is 3.23. The highest BCUT2D eigenvalue weighted by molar-refractivity contribution is 5.93. The number of benzene rings is 1. The molecule has 1 spiro atoms. The largest absolute Gasteiger partial charge is 0.487 e. The molecule has 30 heavy (non-hydrogen) atoms. The maximum absolute atomic E-state index is 12.1. The molecule has 4 rings (SSSR count). The van der Waals surface area contributed by atoms with Crippen LogP contribution in [-0.2, 0) is 0 Å². The van der Waals surface area contributed by atoms with Gasteiger partial charge in [0.15, 0.2) is 5.96 Å². The van der Waals surface area contributed by atoms with E-state index in [1.807, 2.05) is 12.1 Å². The van der Waals surface area contributed by atoms with Crippen LogP contribution in [0.4, 0.5) is 0 Å². The third-order valence-corrected chi connectivity index (χ3v) is 5.87. The second-order valence-corrected chi connectivity index (χ2v) is 7.93. The number of amides is 1. The molecule has 2 aliphatic rings. The molecule has 2 heterocycles. The van der Waals surface area contributed by atoms with Gasteiger partial charge in [-0.1, -0.05) is 18.2 Å². The Labute approximate surface area is 177 Å². The molecule has 1 fully saturated rings. The van der Waals surface area contributed by atoms with Crippen molar-refractivity contribution in [2.45, 2.75) is 43.7 Å². The lowest BCUT2D eigenvalue weighted by Crippen LogP contribution is -2.47. The van der Waals surface area contributed by atoms with Crippen molar-refractivity contribution < 1.29 is 9.53 Å². The molecule has 3 N–H and O–H groups in total. The van der Waals surface area contributed by atoms with Gasteiger partial charge in [0, 0.05) is 44.5 Å². The van der Waals surface area contributed by atoms with Crippen molar-refractivity contribution in [1.82, 2.24) is 20.9 Å². The number of rotatable bonds is 5. The molecule has 1 saturated carbocycles. The number of nitrogens with one attached hydrogen (secondary N) is 3. The van der Waals surface area contributed by atoms with Gasteiger partial charge < -0.3 is 20.7 Å². The van der Waals surface area contributed by atoms with Crippen molar-refractivity contribution in [2.75, 3.05) is 20.1 Å². The Kier molecular flexibility index (Phi) is 6.16. The van der Waals surface area contributed by atoms with Crippen LogP contribution in [0.1, 0.15) is 54.1 Å². The SMILES string of the molecule is CN=C(NCCNC(=O)c1cccnc1)NC1CC2(CCCC2)Oc2ccccc21. The Bertz CT molecular complexity index is 893. The van der Waals surface area contributed by atoms with E-state index in [-0.39, 0.29) is 17.6 Å². The maximum atomic E-state index is 12.1. The molecule has 1 atom stereocenters. The fourth-order valence-electron chi connectivity index (χ4n) is 4.39. The van der Waals surface area contributed by atoms with Crippen molar-refractivity contribution in [3.05, 3.63) is 59.9 Å². The van der Waals surface area contributed by atoms with Crippen LogP contribution in [-0.4, -0.2) is 42.6 Å². The fraction of sp³-hybridized carbons (Fsp3) is 0.435. The number of carbonyl (C=O) groups excluding carboxylic acids is 1. The average molecular weight is 408 g/mol. The van der Waals surface area contributed by atoms with Crippen molar-refractivity contribution in [2.24, 2.45) is 4.99 Å². The molecular formula is C23H29N5O2. The number of aliphatic imine (C=N–C) groups is 1. The van der Waals surface area contributed by atoms with Crippen molar-refractivity contribution >= 4 is 11.9 Å². The van der Waals surface area contributed by atoms with E-state index in [9.17, 15) is 4.79 Å². The van der Waals surface area contributed by atoms with Gasteiger partial charge in [0.25, 0.3) is 5.91 Å². The number of nitrogens with zero attached hydrogens (tertiary/aromatic N) is 2. The number of para-hydroxylation sites is 1. The number of pyridine rings is 1. The van der Waals surface area contributed by atoms with E-state index in [4.69, 9.17) is 4.74 Å². The molecule has 7 heteroatoms. The van der Waals surface area contributed by atoms with E-state index in [1.165, 1.54) is 18.4 Å². The monoisotopic (exact) mass is 407 g/mol. The molecule has 2 aromatic rings. The predicted molar refractivity (Wildman–Crippen MR) is 117 cm³/mol. The zero-order chi connectivity index (χ0) is 20.8. The molecule has 158 valence electrons. The number of fused-ring (bicyclic) bond motifs is 1. The quantitative estimate of drug-likeness (QED) is 0.403. The molecule has 1 aliphatic heterocycles. The van der Waals surface area contributed by atoms with Crippen molar-refractivity contribution in [3.8, 4) is 5.75 Å². The number of carbonyl (C=O) groups is 1. The Morgan fingerprint density at radius 2 is 1.97 bits per heavy atom. The standard InChI is InChI=1S/C23H29N5O2/c1-24-22(27-14-13-26-21(29)17-7-6-12-25-16-17)28-19-15-23(10-4-5-11-23)30-20-9-3-2-8-18(19)20/h2-3,6-9,12,16,19H,4-5,10-11,13-15H2,1H3,(H,26,29)(H2,24,27,28). The van der Waals surface area contributed by atoms with E-state index in [0.717, 1.165) is 31.0 Å². The minimum Gasteiger partial charge on any atom is -0.487 e. The minimum absolute atomic E-state index is 0.0669. The van der Waals surface area contributed by atoms with E-state index < -0.39 is 0 Å². The summed E-state index contributed by atoms with van der Waals surface area (Å²) in [5.41, 5.74) is 1.66. The Morgan fingerprint density at radius 1 is 1.17 bits per heavy atom. The van der Waals surface area contributed by atoms with E-state index >= 15 is 0 Å². The predicted octanol–water partition coefficient (Wildman–Crippen LogP) is 2.81. The van der Waals surface area contributed by atoms with Crippen LogP contribution in [0.15, 0.2) is 53.8 Å². The van der Waals surface area contributed by atoms with Crippen LogP contribution in [0.25, 0.3) is 0 Å². The highest BCUT2D eigenvalue weighted by Crippen LogP contribution is 2.46. The van der Waals surface area contributed by atoms with Gasteiger partial charge in [-0.2, -0.15) is 0 Å². The third-order valence-electron chi connectivity index (χ3n) is 5.87. The molecular weight excluding hydrogens is 378 g/mol. The van der Waals surface area contributed by atoms with E-state index in [2.05, 4.69) is 38.1 Å². The third kappa shape index (κ3) is 4.56. The smallest absolute Gasteiger partial charge is 0.252 e. The van der Waals surface area contributed by atoms with Crippen LogP contribution in [0.2, 0.25) is 0 Å². The molecule has 0 saturated heterocycles.